The molecule has 1 aliphatic heterocycles. The average molecular weight is 314 g/mol. The molecule has 6 nitrogen and oxygen atoms in total. The maximum Gasteiger partial charge on any atom is 0.254 e. The fourth-order valence-electron chi connectivity index (χ4n) is 2.23. The molecule has 21 heavy (non-hydrogen) atoms. The lowest BCUT2D eigenvalue weighted by Gasteiger charge is -2.38. The van der Waals surface area contributed by atoms with Gasteiger partial charge < -0.3 is 9.30 Å². The van der Waals surface area contributed by atoms with Crippen LogP contribution in [0.3, 0.4) is 0 Å². The normalized spacial score (nSPS) is 17.0. The number of sulfonamides is 1. The highest BCUT2D eigenvalue weighted by molar-refractivity contribution is 7.89. The number of ether oxygens (including phenoxy) is 1. The summed E-state index contributed by atoms with van der Waals surface area (Å²) in [7, 11) is -1.48. The molecule has 0 aromatic carbocycles. The monoisotopic (exact) mass is 314 g/mol. The minimum Gasteiger partial charge on any atom is -0.487 e. The maximum absolute atomic E-state index is 12.0. The molecule has 7 heteroatoms. The second-order valence-corrected chi connectivity index (χ2v) is 7.97. The molecule has 1 aromatic rings. The molecule has 0 saturated carbocycles. The standard InChI is InChI=1S/C14H22N2O4S/c1-10(2)9-21(18,19)16-7-13(8-16)20-12-5-11(3)15(4)14(17)6-12/h5-6,10,13H,7-9H2,1-4H3. The van der Waals surface area contributed by atoms with Crippen LogP contribution in [0, 0.1) is 12.8 Å². The van der Waals surface area contributed by atoms with Crippen LogP contribution in [-0.2, 0) is 17.1 Å². The molecule has 2 rings (SSSR count). The first-order chi connectivity index (χ1) is 9.69. The molecule has 2 heterocycles. The average Bonchev–Trinajstić information content (AvgIpc) is 2.28. The van der Waals surface area contributed by atoms with E-state index < -0.39 is 10.0 Å². The van der Waals surface area contributed by atoms with E-state index in [1.807, 2.05) is 20.8 Å². The molecular weight excluding hydrogens is 292 g/mol. The predicted molar refractivity (Wildman–Crippen MR) is 81.0 cm³/mol. The topological polar surface area (TPSA) is 68.6 Å². The molecule has 1 saturated heterocycles. The summed E-state index contributed by atoms with van der Waals surface area (Å²) in [5.41, 5.74) is 0.676. The summed E-state index contributed by atoms with van der Waals surface area (Å²) in [4.78, 5) is 11.7. The summed E-state index contributed by atoms with van der Waals surface area (Å²) in [6, 6.07) is 3.21. The zero-order chi connectivity index (χ0) is 15.8. The second-order valence-electron chi connectivity index (χ2n) is 5.96. The van der Waals surface area contributed by atoms with Gasteiger partial charge in [0, 0.05) is 18.8 Å². The first-order valence-corrected chi connectivity index (χ1v) is 8.62. The van der Waals surface area contributed by atoms with E-state index in [9.17, 15) is 13.2 Å². The summed E-state index contributed by atoms with van der Waals surface area (Å²) in [5.74, 6) is 0.765. The van der Waals surface area contributed by atoms with Gasteiger partial charge in [0.25, 0.3) is 5.56 Å². The van der Waals surface area contributed by atoms with Crippen LogP contribution in [0.1, 0.15) is 19.5 Å². The predicted octanol–water partition coefficient (Wildman–Crippen LogP) is 0.743. The third-order valence-electron chi connectivity index (χ3n) is 3.53. The van der Waals surface area contributed by atoms with Gasteiger partial charge in [-0.15, -0.1) is 0 Å². The van der Waals surface area contributed by atoms with Crippen LogP contribution in [0.2, 0.25) is 0 Å². The Morgan fingerprint density at radius 1 is 1.33 bits per heavy atom. The molecular formula is C14H22N2O4S. The highest BCUT2D eigenvalue weighted by atomic mass is 32.2. The quantitative estimate of drug-likeness (QED) is 0.804. The molecule has 118 valence electrons. The number of aryl methyl sites for hydroxylation is 1. The SMILES string of the molecule is Cc1cc(OC2CN(S(=O)(=O)CC(C)C)C2)cc(=O)n1C. The van der Waals surface area contributed by atoms with Crippen molar-refractivity contribution in [2.75, 3.05) is 18.8 Å². The van der Waals surface area contributed by atoms with Gasteiger partial charge in [-0.1, -0.05) is 13.8 Å². The van der Waals surface area contributed by atoms with Crippen LogP contribution in [0.4, 0.5) is 0 Å². The van der Waals surface area contributed by atoms with E-state index in [4.69, 9.17) is 4.74 Å². The Morgan fingerprint density at radius 2 is 1.95 bits per heavy atom. The van der Waals surface area contributed by atoms with Crippen molar-refractivity contribution in [3.63, 3.8) is 0 Å². The van der Waals surface area contributed by atoms with Gasteiger partial charge in [0.2, 0.25) is 10.0 Å². The Bertz CT molecular complexity index is 673. The van der Waals surface area contributed by atoms with Crippen LogP contribution in [0.5, 0.6) is 5.75 Å². The van der Waals surface area contributed by atoms with E-state index in [2.05, 4.69) is 0 Å². The molecule has 0 aliphatic carbocycles. The van der Waals surface area contributed by atoms with Gasteiger partial charge in [-0.3, -0.25) is 4.79 Å². The minimum absolute atomic E-state index is 0.106. The first-order valence-electron chi connectivity index (χ1n) is 7.01. The highest BCUT2D eigenvalue weighted by Gasteiger charge is 2.37. The van der Waals surface area contributed by atoms with Crippen LogP contribution >= 0.6 is 0 Å². The molecule has 0 spiro atoms. The molecule has 0 amide bonds. The Hall–Kier alpha value is -1.34. The summed E-state index contributed by atoms with van der Waals surface area (Å²) in [6.07, 6.45) is -0.182. The number of hydrogen-bond acceptors (Lipinski definition) is 4. The fraction of sp³-hybridized carbons (Fsp3) is 0.643. The van der Waals surface area contributed by atoms with E-state index >= 15 is 0 Å². The van der Waals surface area contributed by atoms with Crippen molar-refractivity contribution in [3.05, 3.63) is 28.2 Å². The third-order valence-corrected chi connectivity index (χ3v) is 5.70. The van der Waals surface area contributed by atoms with Crippen molar-refractivity contribution < 1.29 is 13.2 Å². The van der Waals surface area contributed by atoms with E-state index in [0.29, 0.717) is 18.8 Å². The van der Waals surface area contributed by atoms with Crippen molar-refractivity contribution >= 4 is 10.0 Å². The van der Waals surface area contributed by atoms with Crippen molar-refractivity contribution in [2.45, 2.75) is 26.9 Å². The summed E-state index contributed by atoms with van der Waals surface area (Å²) in [6.45, 7) is 6.29. The molecule has 1 fully saturated rings. The van der Waals surface area contributed by atoms with Crippen molar-refractivity contribution in [2.24, 2.45) is 13.0 Å². The molecule has 0 radical (unpaired) electrons. The number of hydrogen-bond donors (Lipinski definition) is 0. The number of aromatic nitrogens is 1. The van der Waals surface area contributed by atoms with Gasteiger partial charge in [0.15, 0.2) is 0 Å². The molecule has 0 N–H and O–H groups in total. The van der Waals surface area contributed by atoms with Gasteiger partial charge in [0.1, 0.15) is 11.9 Å². The number of nitrogens with zero attached hydrogens (tertiary/aromatic N) is 2. The summed E-state index contributed by atoms with van der Waals surface area (Å²) >= 11 is 0. The fourth-order valence-corrected chi connectivity index (χ4v) is 4.07. The third kappa shape index (κ3) is 3.65. The van der Waals surface area contributed by atoms with Gasteiger partial charge in [-0.2, -0.15) is 4.31 Å². The molecule has 0 bridgehead atoms. The summed E-state index contributed by atoms with van der Waals surface area (Å²) in [5, 5.41) is 0. The summed E-state index contributed by atoms with van der Waals surface area (Å²) < 4.78 is 32.6. The van der Waals surface area contributed by atoms with Gasteiger partial charge in [-0.25, -0.2) is 8.42 Å². The Labute approximate surface area is 125 Å². The molecule has 0 unspecified atom stereocenters. The Morgan fingerprint density at radius 3 is 2.48 bits per heavy atom. The van der Waals surface area contributed by atoms with E-state index in [1.54, 1.807) is 13.1 Å². The van der Waals surface area contributed by atoms with E-state index in [1.165, 1.54) is 14.9 Å². The van der Waals surface area contributed by atoms with Crippen LogP contribution in [0.15, 0.2) is 16.9 Å². The Kier molecular flexibility index (Phi) is 4.43. The first kappa shape index (κ1) is 16.0. The van der Waals surface area contributed by atoms with Gasteiger partial charge >= 0.3 is 0 Å². The number of pyridine rings is 1. The lowest BCUT2D eigenvalue weighted by molar-refractivity contribution is 0.0757. The Balaban J connectivity index is 1.96. The minimum atomic E-state index is -3.18. The molecule has 0 atom stereocenters. The molecule has 1 aliphatic rings. The maximum atomic E-state index is 12.0. The van der Waals surface area contributed by atoms with E-state index in [-0.39, 0.29) is 23.3 Å². The lowest BCUT2D eigenvalue weighted by atomic mass is 10.2. The van der Waals surface area contributed by atoms with Crippen molar-refractivity contribution in [1.29, 1.82) is 0 Å². The zero-order valence-electron chi connectivity index (χ0n) is 12.9. The smallest absolute Gasteiger partial charge is 0.254 e. The van der Waals surface area contributed by atoms with Crippen molar-refractivity contribution in [1.82, 2.24) is 8.87 Å². The van der Waals surface area contributed by atoms with Gasteiger partial charge in [-0.05, 0) is 18.9 Å². The zero-order valence-corrected chi connectivity index (χ0v) is 13.7. The number of rotatable bonds is 5. The van der Waals surface area contributed by atoms with Crippen LogP contribution < -0.4 is 10.3 Å². The molecule has 1 aromatic heterocycles. The highest BCUT2D eigenvalue weighted by Crippen LogP contribution is 2.21. The second kappa shape index (κ2) is 5.81. The van der Waals surface area contributed by atoms with Crippen molar-refractivity contribution in [3.8, 4) is 5.75 Å². The lowest BCUT2D eigenvalue weighted by Crippen LogP contribution is -2.56. The van der Waals surface area contributed by atoms with Gasteiger partial charge in [0.05, 0.1) is 18.8 Å². The van der Waals surface area contributed by atoms with Crippen LogP contribution in [-0.4, -0.2) is 42.2 Å². The van der Waals surface area contributed by atoms with Crippen LogP contribution in [0.25, 0.3) is 0 Å². The largest absolute Gasteiger partial charge is 0.487 e. The van der Waals surface area contributed by atoms with E-state index in [0.717, 1.165) is 5.69 Å².